The summed E-state index contributed by atoms with van der Waals surface area (Å²) in [6.07, 6.45) is 0. The normalized spacial score (nSPS) is 11.5. The van der Waals surface area contributed by atoms with Crippen molar-refractivity contribution in [2.24, 2.45) is 10.9 Å². The highest BCUT2D eigenvalue weighted by atomic mass is 79.9. The topological polar surface area (TPSA) is 70.6 Å². The molecule has 0 aliphatic heterocycles. The zero-order valence-corrected chi connectivity index (χ0v) is 13.6. The van der Waals surface area contributed by atoms with E-state index < -0.39 is 0 Å². The first kappa shape index (κ1) is 15.4. The first-order chi connectivity index (χ1) is 10.0. The minimum atomic E-state index is 0.124. The van der Waals surface area contributed by atoms with Crippen LogP contribution in [0.25, 0.3) is 0 Å². The summed E-state index contributed by atoms with van der Waals surface area (Å²) in [6, 6.07) is 12.0. The van der Waals surface area contributed by atoms with E-state index in [1.54, 1.807) is 0 Å². The van der Waals surface area contributed by atoms with Crippen LogP contribution in [-0.4, -0.2) is 11.0 Å². The van der Waals surface area contributed by atoms with Crippen LogP contribution in [0.4, 0.5) is 5.69 Å². The molecular formula is C16H18BrN3O. The fraction of sp³-hybridized carbons (Fsp3) is 0.188. The Hall–Kier alpha value is -2.01. The highest BCUT2D eigenvalue weighted by Gasteiger charge is 2.05. The van der Waals surface area contributed by atoms with Gasteiger partial charge in [-0.25, -0.2) is 0 Å². The maximum absolute atomic E-state index is 8.70. The molecule has 110 valence electrons. The number of halogens is 1. The summed E-state index contributed by atoms with van der Waals surface area (Å²) in [5.74, 6) is 0.124. The van der Waals surface area contributed by atoms with Gasteiger partial charge in [0.2, 0.25) is 0 Å². The molecule has 0 unspecified atom stereocenters. The number of nitrogens with two attached hydrogens (primary N) is 1. The average Bonchev–Trinajstić information content (AvgIpc) is 2.46. The highest BCUT2D eigenvalue weighted by Crippen LogP contribution is 2.24. The molecule has 0 heterocycles. The zero-order valence-electron chi connectivity index (χ0n) is 12.0. The molecule has 0 bridgehead atoms. The molecule has 0 atom stereocenters. The molecular weight excluding hydrogens is 330 g/mol. The van der Waals surface area contributed by atoms with Crippen molar-refractivity contribution < 1.29 is 5.21 Å². The molecule has 0 spiro atoms. The molecule has 2 aromatic carbocycles. The predicted octanol–water partition coefficient (Wildman–Crippen LogP) is 3.77. The molecule has 0 saturated carbocycles. The molecule has 21 heavy (non-hydrogen) atoms. The van der Waals surface area contributed by atoms with E-state index in [2.05, 4.69) is 51.5 Å². The number of aryl methyl sites for hydroxylation is 2. The minimum Gasteiger partial charge on any atom is -0.409 e. The summed E-state index contributed by atoms with van der Waals surface area (Å²) < 4.78 is 1.05. The molecule has 5 heteroatoms. The van der Waals surface area contributed by atoms with Gasteiger partial charge in [-0.2, -0.15) is 0 Å². The molecule has 2 aromatic rings. The number of nitrogens with one attached hydrogen (secondary N) is 1. The first-order valence-electron chi connectivity index (χ1n) is 6.58. The smallest absolute Gasteiger partial charge is 0.170 e. The number of oxime groups is 1. The third-order valence-electron chi connectivity index (χ3n) is 3.34. The van der Waals surface area contributed by atoms with Crippen LogP contribution in [0.5, 0.6) is 0 Å². The van der Waals surface area contributed by atoms with E-state index in [9.17, 15) is 0 Å². The van der Waals surface area contributed by atoms with Crippen molar-refractivity contribution in [3.05, 3.63) is 63.1 Å². The Morgan fingerprint density at radius 2 is 2.00 bits per heavy atom. The van der Waals surface area contributed by atoms with Crippen molar-refractivity contribution in [3.8, 4) is 0 Å². The SMILES string of the molecule is Cc1ccc(NCc2ccc(/C(N)=N/O)cc2C)c(Br)c1. The lowest BCUT2D eigenvalue weighted by Crippen LogP contribution is -2.13. The van der Waals surface area contributed by atoms with Crippen molar-refractivity contribution in [2.75, 3.05) is 5.32 Å². The molecule has 2 rings (SSSR count). The minimum absolute atomic E-state index is 0.124. The van der Waals surface area contributed by atoms with Crippen LogP contribution in [0.15, 0.2) is 46.0 Å². The van der Waals surface area contributed by atoms with Gasteiger partial charge in [-0.1, -0.05) is 23.4 Å². The quantitative estimate of drug-likeness (QED) is 0.341. The molecule has 0 radical (unpaired) electrons. The maximum atomic E-state index is 8.70. The van der Waals surface area contributed by atoms with E-state index in [0.717, 1.165) is 26.9 Å². The Labute approximate surface area is 132 Å². The van der Waals surface area contributed by atoms with E-state index in [0.29, 0.717) is 6.54 Å². The second-order valence-electron chi connectivity index (χ2n) is 4.96. The fourth-order valence-electron chi connectivity index (χ4n) is 2.07. The molecule has 0 aromatic heterocycles. The predicted molar refractivity (Wildman–Crippen MR) is 89.9 cm³/mol. The van der Waals surface area contributed by atoms with E-state index in [-0.39, 0.29) is 5.84 Å². The van der Waals surface area contributed by atoms with Gasteiger partial charge in [0.15, 0.2) is 5.84 Å². The monoisotopic (exact) mass is 347 g/mol. The van der Waals surface area contributed by atoms with Gasteiger partial charge in [0.1, 0.15) is 0 Å². The Bertz CT molecular complexity index is 683. The van der Waals surface area contributed by atoms with E-state index in [1.165, 1.54) is 5.56 Å². The average molecular weight is 348 g/mol. The second-order valence-corrected chi connectivity index (χ2v) is 5.82. The molecule has 0 aliphatic carbocycles. The molecule has 0 fully saturated rings. The fourth-order valence-corrected chi connectivity index (χ4v) is 2.70. The highest BCUT2D eigenvalue weighted by molar-refractivity contribution is 9.10. The van der Waals surface area contributed by atoms with Crippen LogP contribution in [0.1, 0.15) is 22.3 Å². The Balaban J connectivity index is 2.13. The first-order valence-corrected chi connectivity index (χ1v) is 7.38. The third kappa shape index (κ3) is 3.76. The van der Waals surface area contributed by atoms with Gasteiger partial charge >= 0.3 is 0 Å². The van der Waals surface area contributed by atoms with Crippen molar-refractivity contribution in [1.82, 2.24) is 0 Å². The van der Waals surface area contributed by atoms with Gasteiger partial charge in [0.05, 0.1) is 0 Å². The Morgan fingerprint density at radius 3 is 2.62 bits per heavy atom. The van der Waals surface area contributed by atoms with Gasteiger partial charge < -0.3 is 16.3 Å². The van der Waals surface area contributed by atoms with Crippen LogP contribution in [-0.2, 0) is 6.54 Å². The zero-order chi connectivity index (χ0) is 15.4. The summed E-state index contributed by atoms with van der Waals surface area (Å²) in [6.45, 7) is 4.78. The molecule has 0 amide bonds. The van der Waals surface area contributed by atoms with E-state index >= 15 is 0 Å². The third-order valence-corrected chi connectivity index (χ3v) is 4.00. The molecule has 4 N–H and O–H groups in total. The van der Waals surface area contributed by atoms with Gasteiger partial charge in [0, 0.05) is 22.3 Å². The number of benzene rings is 2. The lowest BCUT2D eigenvalue weighted by atomic mass is 10.0. The number of nitrogens with zero attached hydrogens (tertiary/aromatic N) is 1. The Kier molecular flexibility index (Phi) is 4.85. The van der Waals surface area contributed by atoms with Crippen molar-refractivity contribution in [2.45, 2.75) is 20.4 Å². The van der Waals surface area contributed by atoms with Gasteiger partial charge in [-0.05, 0) is 64.7 Å². The largest absolute Gasteiger partial charge is 0.409 e. The van der Waals surface area contributed by atoms with Gasteiger partial charge in [0.25, 0.3) is 0 Å². The Morgan fingerprint density at radius 1 is 1.24 bits per heavy atom. The molecule has 0 saturated heterocycles. The summed E-state index contributed by atoms with van der Waals surface area (Å²) in [5, 5.41) is 15.1. The summed E-state index contributed by atoms with van der Waals surface area (Å²) in [4.78, 5) is 0. The van der Waals surface area contributed by atoms with Crippen molar-refractivity contribution in [3.63, 3.8) is 0 Å². The van der Waals surface area contributed by atoms with Crippen LogP contribution in [0.3, 0.4) is 0 Å². The maximum Gasteiger partial charge on any atom is 0.170 e. The van der Waals surface area contributed by atoms with Crippen molar-refractivity contribution in [1.29, 1.82) is 0 Å². The van der Waals surface area contributed by atoms with Crippen LogP contribution >= 0.6 is 15.9 Å². The summed E-state index contributed by atoms with van der Waals surface area (Å²) in [7, 11) is 0. The number of rotatable bonds is 4. The van der Waals surface area contributed by atoms with Crippen LogP contribution in [0.2, 0.25) is 0 Å². The number of hydrogen-bond acceptors (Lipinski definition) is 3. The van der Waals surface area contributed by atoms with Gasteiger partial charge in [-0.3, -0.25) is 0 Å². The number of amidine groups is 1. The van der Waals surface area contributed by atoms with E-state index in [4.69, 9.17) is 10.9 Å². The van der Waals surface area contributed by atoms with Crippen LogP contribution < -0.4 is 11.1 Å². The number of anilines is 1. The molecule has 0 aliphatic rings. The van der Waals surface area contributed by atoms with Crippen molar-refractivity contribution >= 4 is 27.5 Å². The summed E-state index contributed by atoms with van der Waals surface area (Å²) in [5.41, 5.74) is 10.8. The molecule has 4 nitrogen and oxygen atoms in total. The van der Waals surface area contributed by atoms with E-state index in [1.807, 2.05) is 25.1 Å². The lowest BCUT2D eigenvalue weighted by Gasteiger charge is -2.12. The second kappa shape index (κ2) is 6.63. The standard InChI is InChI=1S/C16H18BrN3O/c1-10-3-6-15(14(17)7-10)19-9-13-5-4-12(8-11(13)2)16(18)20-21/h3-8,19,21H,9H2,1-2H3,(H2,18,20). The lowest BCUT2D eigenvalue weighted by molar-refractivity contribution is 0.318. The summed E-state index contributed by atoms with van der Waals surface area (Å²) >= 11 is 3.56. The van der Waals surface area contributed by atoms with Crippen LogP contribution in [0, 0.1) is 13.8 Å². The number of hydrogen-bond donors (Lipinski definition) is 3. The van der Waals surface area contributed by atoms with Gasteiger partial charge in [-0.15, -0.1) is 0 Å².